The predicted octanol–water partition coefficient (Wildman–Crippen LogP) is 1.85. The van der Waals surface area contributed by atoms with E-state index >= 15 is 0 Å². The number of piperidine rings is 1. The van der Waals surface area contributed by atoms with Crippen LogP contribution in [0.5, 0.6) is 0 Å². The van der Waals surface area contributed by atoms with Crippen molar-refractivity contribution in [1.82, 2.24) is 5.32 Å². The molecule has 0 saturated carbocycles. The first kappa shape index (κ1) is 45.5. The van der Waals surface area contributed by atoms with Crippen molar-refractivity contribution in [2.45, 2.75) is 18.9 Å². The summed E-state index contributed by atoms with van der Waals surface area (Å²) in [5.74, 6) is 0. The lowest BCUT2D eigenvalue weighted by Gasteiger charge is -2.22. The van der Waals surface area contributed by atoms with Crippen LogP contribution in [0.1, 0.15) is 12.8 Å². The second-order valence-corrected chi connectivity index (χ2v) is 11.1. The number of hydrogen-bond acceptors (Lipinski definition) is 17. The van der Waals surface area contributed by atoms with Gasteiger partial charge in [0.25, 0.3) is 11.4 Å². The number of hydrogen-bond donors (Lipinski definition) is 2. The molecule has 0 spiro atoms. The Morgan fingerprint density at radius 3 is 1.27 bits per heavy atom. The molecule has 1 aromatic rings. The van der Waals surface area contributed by atoms with E-state index in [2.05, 4.69) is 10.6 Å². The SMILES string of the molecule is O=[N+]([O-])c1ccc(NCCOCCOCCOCCOCCOCCOCCOCCOCCOCCOCCOC2CCNCC2)c([N+](=O)[O-])c1. The van der Waals surface area contributed by atoms with E-state index in [1.807, 2.05) is 0 Å². The standard InChI is InChI=1S/C33H58N4O15/c38-36(39)30-1-2-32(33(29-30)37(40)41)35-7-8-42-9-10-43-11-12-44-13-14-45-15-16-46-17-18-47-19-20-48-21-22-49-23-24-50-25-26-51-27-28-52-31-3-5-34-6-4-31/h1-2,29,31,34-35H,3-28H2. The third kappa shape index (κ3) is 25.3. The molecule has 1 aromatic carbocycles. The van der Waals surface area contributed by atoms with Gasteiger partial charge in [-0.3, -0.25) is 20.2 Å². The molecule has 19 nitrogen and oxygen atoms in total. The number of nitrogens with zero attached hydrogens (tertiary/aromatic N) is 2. The van der Waals surface area contributed by atoms with E-state index in [-0.39, 0.29) is 23.7 Å². The summed E-state index contributed by atoms with van der Waals surface area (Å²) in [5.41, 5.74) is -0.524. The van der Waals surface area contributed by atoms with E-state index in [9.17, 15) is 20.2 Å². The molecule has 0 aliphatic carbocycles. The largest absolute Gasteiger partial charge is 0.377 e. The minimum absolute atomic E-state index is 0.186. The number of nitro groups is 2. The summed E-state index contributed by atoms with van der Waals surface area (Å²) in [4.78, 5) is 20.6. The van der Waals surface area contributed by atoms with Crippen molar-refractivity contribution in [2.75, 3.05) is 164 Å². The maximum Gasteiger partial charge on any atom is 0.299 e. The van der Waals surface area contributed by atoms with Gasteiger partial charge in [-0.05, 0) is 32.0 Å². The van der Waals surface area contributed by atoms with E-state index in [1.165, 1.54) is 12.1 Å². The number of nitro benzene ring substituents is 2. The Labute approximate surface area is 305 Å². The molecule has 2 rings (SSSR count). The average molecular weight is 751 g/mol. The van der Waals surface area contributed by atoms with E-state index in [1.54, 1.807) is 0 Å². The van der Waals surface area contributed by atoms with Crippen molar-refractivity contribution in [3.05, 3.63) is 38.4 Å². The topological polar surface area (TPSA) is 212 Å². The summed E-state index contributed by atoms with van der Waals surface area (Å²) in [6.45, 7) is 12.2. The Balaban J connectivity index is 1.18. The van der Waals surface area contributed by atoms with Gasteiger partial charge in [-0.15, -0.1) is 0 Å². The molecular formula is C33H58N4O15. The van der Waals surface area contributed by atoms with Crippen molar-refractivity contribution in [3.63, 3.8) is 0 Å². The van der Waals surface area contributed by atoms with E-state index < -0.39 is 9.85 Å². The second kappa shape index (κ2) is 32.9. The molecule has 1 aliphatic rings. The van der Waals surface area contributed by atoms with Gasteiger partial charge in [-0.25, -0.2) is 0 Å². The van der Waals surface area contributed by atoms with Gasteiger partial charge >= 0.3 is 0 Å². The zero-order chi connectivity index (χ0) is 37.2. The monoisotopic (exact) mass is 750 g/mol. The number of benzene rings is 1. The average Bonchev–Trinajstić information content (AvgIpc) is 3.15. The van der Waals surface area contributed by atoms with Crippen LogP contribution in [0, 0.1) is 20.2 Å². The van der Waals surface area contributed by atoms with Crippen molar-refractivity contribution in [1.29, 1.82) is 0 Å². The zero-order valence-corrected chi connectivity index (χ0v) is 30.2. The molecule has 0 aromatic heterocycles. The Kier molecular flexibility index (Phi) is 28.8. The lowest BCUT2D eigenvalue weighted by Crippen LogP contribution is -2.33. The summed E-state index contributed by atoms with van der Waals surface area (Å²) in [5, 5.41) is 28.1. The highest BCUT2D eigenvalue weighted by atomic mass is 16.6. The lowest BCUT2D eigenvalue weighted by molar-refractivity contribution is -0.393. The lowest BCUT2D eigenvalue weighted by atomic mass is 10.1. The maximum absolute atomic E-state index is 11.1. The summed E-state index contributed by atoms with van der Waals surface area (Å²) in [6, 6.07) is 3.43. The highest BCUT2D eigenvalue weighted by Crippen LogP contribution is 2.28. The van der Waals surface area contributed by atoms with Crippen molar-refractivity contribution >= 4 is 17.1 Å². The molecule has 1 aliphatic heterocycles. The van der Waals surface area contributed by atoms with Gasteiger partial charge in [-0.1, -0.05) is 0 Å². The predicted molar refractivity (Wildman–Crippen MR) is 188 cm³/mol. The smallest absolute Gasteiger partial charge is 0.299 e. The molecule has 0 atom stereocenters. The maximum atomic E-state index is 11.1. The molecule has 0 amide bonds. The number of nitrogens with one attached hydrogen (secondary N) is 2. The molecule has 52 heavy (non-hydrogen) atoms. The molecular weight excluding hydrogens is 692 g/mol. The van der Waals surface area contributed by atoms with Gasteiger partial charge in [-0.2, -0.15) is 0 Å². The molecule has 300 valence electrons. The number of rotatable bonds is 37. The molecule has 1 fully saturated rings. The quantitative estimate of drug-likeness (QED) is 0.0564. The number of non-ortho nitro benzene ring substituents is 1. The van der Waals surface area contributed by atoms with Crippen LogP contribution in [0.4, 0.5) is 17.1 Å². The van der Waals surface area contributed by atoms with Gasteiger partial charge in [0.2, 0.25) is 0 Å². The Morgan fingerprint density at radius 2 is 0.904 bits per heavy atom. The first-order chi connectivity index (χ1) is 25.6. The minimum atomic E-state index is -0.680. The Morgan fingerprint density at radius 1 is 0.538 bits per heavy atom. The van der Waals surface area contributed by atoms with E-state index in [4.69, 9.17) is 52.1 Å². The summed E-state index contributed by atoms with van der Waals surface area (Å²) in [7, 11) is 0. The van der Waals surface area contributed by atoms with Gasteiger partial charge in [0, 0.05) is 12.6 Å². The fourth-order valence-electron chi connectivity index (χ4n) is 4.51. The molecule has 1 saturated heterocycles. The second-order valence-electron chi connectivity index (χ2n) is 11.1. The summed E-state index contributed by atoms with van der Waals surface area (Å²) < 4.78 is 60.5. The first-order valence-corrected chi connectivity index (χ1v) is 17.8. The fourth-order valence-corrected chi connectivity index (χ4v) is 4.51. The highest BCUT2D eigenvalue weighted by Gasteiger charge is 2.19. The number of anilines is 1. The first-order valence-electron chi connectivity index (χ1n) is 17.8. The molecule has 2 N–H and O–H groups in total. The third-order valence-corrected chi connectivity index (χ3v) is 7.17. The summed E-state index contributed by atoms with van der Waals surface area (Å²) >= 11 is 0. The van der Waals surface area contributed by atoms with Crippen LogP contribution in [0.25, 0.3) is 0 Å². The van der Waals surface area contributed by atoms with Crippen LogP contribution in [-0.2, 0) is 52.1 Å². The van der Waals surface area contributed by atoms with E-state index in [0.29, 0.717) is 145 Å². The van der Waals surface area contributed by atoms with E-state index in [0.717, 1.165) is 32.0 Å². The molecule has 0 unspecified atom stereocenters. The molecule has 0 bridgehead atoms. The Bertz CT molecular complexity index is 1020. The zero-order valence-electron chi connectivity index (χ0n) is 30.2. The number of ether oxygens (including phenoxy) is 11. The molecule has 0 radical (unpaired) electrons. The van der Waals surface area contributed by atoms with Crippen molar-refractivity contribution in [2.24, 2.45) is 0 Å². The van der Waals surface area contributed by atoms with Gasteiger partial charge < -0.3 is 62.7 Å². The normalized spacial score (nSPS) is 13.5. The van der Waals surface area contributed by atoms with Gasteiger partial charge in [0.1, 0.15) is 5.69 Å². The third-order valence-electron chi connectivity index (χ3n) is 7.17. The van der Waals surface area contributed by atoms with Crippen LogP contribution in [0.2, 0.25) is 0 Å². The summed E-state index contributed by atoms with van der Waals surface area (Å²) in [6.07, 6.45) is 2.50. The van der Waals surface area contributed by atoms with Gasteiger partial charge in [0.05, 0.1) is 161 Å². The highest BCUT2D eigenvalue weighted by molar-refractivity contribution is 5.65. The van der Waals surface area contributed by atoms with Crippen LogP contribution < -0.4 is 10.6 Å². The van der Waals surface area contributed by atoms with Crippen LogP contribution in [0.15, 0.2) is 18.2 Å². The van der Waals surface area contributed by atoms with Crippen LogP contribution >= 0.6 is 0 Å². The van der Waals surface area contributed by atoms with Crippen molar-refractivity contribution in [3.8, 4) is 0 Å². The van der Waals surface area contributed by atoms with Crippen molar-refractivity contribution < 1.29 is 62.0 Å². The molecule has 19 heteroatoms. The van der Waals surface area contributed by atoms with Gasteiger partial charge in [0.15, 0.2) is 0 Å². The van der Waals surface area contributed by atoms with Crippen LogP contribution in [0.3, 0.4) is 0 Å². The van der Waals surface area contributed by atoms with Crippen LogP contribution in [-0.4, -0.2) is 174 Å². The minimum Gasteiger partial charge on any atom is -0.377 e. The Hall–Kier alpha value is -2.66. The molecule has 1 heterocycles. The fraction of sp³-hybridized carbons (Fsp3) is 0.818.